The number of phosphoric ester groups is 1. The summed E-state index contributed by atoms with van der Waals surface area (Å²) < 4.78 is 33.2. The summed E-state index contributed by atoms with van der Waals surface area (Å²) in [5.74, 6) is -0.395. The third-order valence-electron chi connectivity index (χ3n) is 8.39. The summed E-state index contributed by atoms with van der Waals surface area (Å²) in [6, 6.07) is 0. The Labute approximate surface area is 300 Å². The average molecular weight is 719 g/mol. The predicted molar refractivity (Wildman–Crippen MR) is 201 cm³/mol. The van der Waals surface area contributed by atoms with Gasteiger partial charge in [-0.25, -0.2) is 4.57 Å². The number of aliphatic hydroxyl groups excluding tert-OH is 2. The SMILES string of the molecule is CCCC/C=C\C/C=C\CCCCCCCC(=O)OC(COCCCCCCCCCCCCCCCC)COP(=O)(O)OCC(O)CO. The van der Waals surface area contributed by atoms with Crippen LogP contribution >= 0.6 is 7.82 Å². The van der Waals surface area contributed by atoms with Crippen molar-refractivity contribution in [2.24, 2.45) is 0 Å². The molecule has 290 valence electrons. The third kappa shape index (κ3) is 36.5. The summed E-state index contributed by atoms with van der Waals surface area (Å²) in [6.45, 7) is 3.47. The van der Waals surface area contributed by atoms with Gasteiger partial charge >= 0.3 is 13.8 Å². The summed E-state index contributed by atoms with van der Waals surface area (Å²) in [7, 11) is -4.51. The van der Waals surface area contributed by atoms with E-state index in [0.717, 1.165) is 57.8 Å². The monoisotopic (exact) mass is 719 g/mol. The number of allylic oxidation sites excluding steroid dienone is 4. The van der Waals surface area contributed by atoms with E-state index in [1.165, 1.54) is 89.9 Å². The van der Waals surface area contributed by atoms with E-state index < -0.39 is 39.2 Å². The molecular weight excluding hydrogens is 643 g/mol. The van der Waals surface area contributed by atoms with Crippen molar-refractivity contribution in [3.05, 3.63) is 24.3 Å². The van der Waals surface area contributed by atoms with E-state index in [9.17, 15) is 19.4 Å². The zero-order chi connectivity index (χ0) is 36.1. The molecule has 0 aliphatic rings. The standard InChI is InChI=1S/C39H75O9P/c1-3-5-7-9-11-13-15-17-19-21-23-25-27-29-31-39(42)48-38(36-47-49(43,44)46-34-37(41)33-40)35-45-32-30-28-26-24-22-20-18-16-14-12-10-8-6-4-2/h9,11,15,17,37-38,40-41H,3-8,10,12-14,16,18-36H2,1-2H3,(H,43,44)/b11-9-,17-15-. The van der Waals surface area contributed by atoms with Crippen molar-refractivity contribution in [2.75, 3.05) is 33.0 Å². The van der Waals surface area contributed by atoms with Crippen LogP contribution < -0.4 is 0 Å². The Morgan fingerprint density at radius 2 is 1.12 bits per heavy atom. The molecule has 0 spiro atoms. The molecule has 0 aliphatic carbocycles. The first-order valence-electron chi connectivity index (χ1n) is 19.8. The molecule has 0 aromatic carbocycles. The highest BCUT2D eigenvalue weighted by Gasteiger charge is 2.26. The second-order valence-electron chi connectivity index (χ2n) is 13.3. The molecule has 0 radical (unpaired) electrons. The van der Waals surface area contributed by atoms with Gasteiger partial charge < -0.3 is 24.6 Å². The smallest absolute Gasteiger partial charge is 0.457 e. The summed E-state index contributed by atoms with van der Waals surface area (Å²) in [6.07, 6.45) is 35.6. The average Bonchev–Trinajstić information content (AvgIpc) is 3.09. The summed E-state index contributed by atoms with van der Waals surface area (Å²) in [4.78, 5) is 22.5. The van der Waals surface area contributed by atoms with Gasteiger partial charge in [0.15, 0.2) is 0 Å². The van der Waals surface area contributed by atoms with Crippen LogP contribution in [0.5, 0.6) is 0 Å². The topological polar surface area (TPSA) is 132 Å². The van der Waals surface area contributed by atoms with Gasteiger partial charge in [-0.2, -0.15) is 0 Å². The highest BCUT2D eigenvalue weighted by molar-refractivity contribution is 7.47. The normalized spacial score (nSPS) is 14.5. The highest BCUT2D eigenvalue weighted by Crippen LogP contribution is 2.43. The largest absolute Gasteiger partial charge is 0.472 e. The Bertz CT molecular complexity index is 820. The van der Waals surface area contributed by atoms with Crippen LogP contribution in [-0.4, -0.2) is 66.3 Å². The number of hydrogen-bond acceptors (Lipinski definition) is 8. The summed E-state index contributed by atoms with van der Waals surface area (Å²) in [5.41, 5.74) is 0. The first kappa shape index (κ1) is 47.9. The fourth-order valence-electron chi connectivity index (χ4n) is 5.31. The van der Waals surface area contributed by atoms with Crippen molar-refractivity contribution in [1.29, 1.82) is 0 Å². The van der Waals surface area contributed by atoms with Gasteiger partial charge in [0, 0.05) is 13.0 Å². The summed E-state index contributed by atoms with van der Waals surface area (Å²) >= 11 is 0. The minimum atomic E-state index is -4.51. The maximum absolute atomic E-state index is 12.6. The first-order valence-corrected chi connectivity index (χ1v) is 21.3. The number of ether oxygens (including phenoxy) is 2. The quantitative estimate of drug-likeness (QED) is 0.0247. The number of aliphatic hydroxyl groups is 2. The molecule has 3 atom stereocenters. The van der Waals surface area contributed by atoms with Crippen molar-refractivity contribution < 1.29 is 43.0 Å². The Morgan fingerprint density at radius 3 is 1.69 bits per heavy atom. The zero-order valence-corrected chi connectivity index (χ0v) is 32.3. The van der Waals surface area contributed by atoms with Crippen LogP contribution in [0.3, 0.4) is 0 Å². The first-order chi connectivity index (χ1) is 23.8. The van der Waals surface area contributed by atoms with Crippen LogP contribution in [0.25, 0.3) is 0 Å². The molecular formula is C39H75O9P. The molecule has 3 unspecified atom stereocenters. The third-order valence-corrected chi connectivity index (χ3v) is 9.34. The molecule has 0 amide bonds. The molecule has 0 saturated carbocycles. The van der Waals surface area contributed by atoms with Crippen LogP contribution in [0.1, 0.15) is 174 Å². The molecule has 0 aliphatic heterocycles. The molecule has 0 aromatic rings. The number of rotatable bonds is 38. The van der Waals surface area contributed by atoms with Crippen molar-refractivity contribution >= 4 is 13.8 Å². The maximum Gasteiger partial charge on any atom is 0.472 e. The van der Waals surface area contributed by atoms with E-state index in [1.807, 2.05) is 0 Å². The fraction of sp³-hybridized carbons (Fsp3) is 0.872. The second kappa shape index (κ2) is 36.7. The molecule has 3 N–H and O–H groups in total. The van der Waals surface area contributed by atoms with Gasteiger partial charge in [0.1, 0.15) is 12.2 Å². The van der Waals surface area contributed by atoms with Gasteiger partial charge in [-0.3, -0.25) is 13.8 Å². The van der Waals surface area contributed by atoms with Gasteiger partial charge in [-0.05, 0) is 38.5 Å². The fourth-order valence-corrected chi connectivity index (χ4v) is 6.10. The number of carbonyl (C=O) groups excluding carboxylic acids is 1. The van der Waals surface area contributed by atoms with Crippen LogP contribution in [0.15, 0.2) is 24.3 Å². The van der Waals surface area contributed by atoms with E-state index >= 15 is 0 Å². The Morgan fingerprint density at radius 1 is 0.633 bits per heavy atom. The second-order valence-corrected chi connectivity index (χ2v) is 14.8. The molecule has 49 heavy (non-hydrogen) atoms. The lowest BCUT2D eigenvalue weighted by atomic mass is 10.0. The lowest BCUT2D eigenvalue weighted by molar-refractivity contribution is -0.154. The Hall–Kier alpha value is -1.06. The zero-order valence-electron chi connectivity index (χ0n) is 31.4. The number of phosphoric acid groups is 1. The lowest BCUT2D eigenvalue weighted by Crippen LogP contribution is -2.29. The van der Waals surface area contributed by atoms with Crippen LogP contribution in [-0.2, 0) is 27.9 Å². The summed E-state index contributed by atoms with van der Waals surface area (Å²) in [5, 5.41) is 18.3. The van der Waals surface area contributed by atoms with E-state index in [4.69, 9.17) is 23.6 Å². The lowest BCUT2D eigenvalue weighted by Gasteiger charge is -2.20. The molecule has 0 saturated heterocycles. The molecule has 10 heteroatoms. The van der Waals surface area contributed by atoms with Gasteiger partial charge in [0.2, 0.25) is 0 Å². The van der Waals surface area contributed by atoms with Gasteiger partial charge in [0.25, 0.3) is 0 Å². The Kier molecular flexibility index (Phi) is 35.9. The number of esters is 1. The molecule has 0 aromatic heterocycles. The molecule has 9 nitrogen and oxygen atoms in total. The Balaban J connectivity index is 4.23. The number of hydrogen-bond donors (Lipinski definition) is 3. The predicted octanol–water partition coefficient (Wildman–Crippen LogP) is 10.3. The molecule has 0 rings (SSSR count). The van der Waals surface area contributed by atoms with E-state index in [2.05, 4.69) is 38.2 Å². The molecule has 0 fully saturated rings. The van der Waals surface area contributed by atoms with Crippen LogP contribution in [0.2, 0.25) is 0 Å². The minimum absolute atomic E-state index is 0.0471. The number of carbonyl (C=O) groups is 1. The van der Waals surface area contributed by atoms with Crippen molar-refractivity contribution in [3.63, 3.8) is 0 Å². The van der Waals surface area contributed by atoms with Gasteiger partial charge in [-0.15, -0.1) is 0 Å². The number of unbranched alkanes of at least 4 members (excludes halogenated alkanes) is 20. The van der Waals surface area contributed by atoms with E-state index in [-0.39, 0.29) is 19.6 Å². The van der Waals surface area contributed by atoms with Crippen molar-refractivity contribution in [3.8, 4) is 0 Å². The maximum atomic E-state index is 12.6. The molecule has 0 bridgehead atoms. The van der Waals surface area contributed by atoms with E-state index in [1.54, 1.807) is 0 Å². The van der Waals surface area contributed by atoms with Gasteiger partial charge in [0.05, 0.1) is 26.4 Å². The minimum Gasteiger partial charge on any atom is -0.457 e. The highest BCUT2D eigenvalue weighted by atomic mass is 31.2. The van der Waals surface area contributed by atoms with Crippen molar-refractivity contribution in [1.82, 2.24) is 0 Å². The van der Waals surface area contributed by atoms with Gasteiger partial charge in [-0.1, -0.05) is 154 Å². The van der Waals surface area contributed by atoms with Crippen molar-refractivity contribution in [2.45, 2.75) is 187 Å². The van der Waals surface area contributed by atoms with E-state index in [0.29, 0.717) is 13.0 Å². The van der Waals surface area contributed by atoms with Crippen LogP contribution in [0.4, 0.5) is 0 Å². The van der Waals surface area contributed by atoms with Crippen LogP contribution in [0, 0.1) is 0 Å². The molecule has 0 heterocycles.